The van der Waals surface area contributed by atoms with E-state index in [9.17, 15) is 4.79 Å². The first-order valence-electron chi connectivity index (χ1n) is 4.70. The van der Waals surface area contributed by atoms with Crippen molar-refractivity contribution in [3.05, 3.63) is 36.0 Å². The summed E-state index contributed by atoms with van der Waals surface area (Å²) in [6, 6.07) is 7.53. The zero-order valence-electron chi connectivity index (χ0n) is 8.07. The molecule has 2 aromatic rings. The minimum atomic E-state index is -0.454. The van der Waals surface area contributed by atoms with Crippen LogP contribution in [0.15, 0.2) is 30.5 Å². The summed E-state index contributed by atoms with van der Waals surface area (Å²) in [5.41, 5.74) is 7.87. The Kier molecular flexibility index (Phi) is 2.91. The second-order valence-electron chi connectivity index (χ2n) is 3.49. The molecule has 2 rings (SSSR count). The topological polar surface area (TPSA) is 58.9 Å². The van der Waals surface area contributed by atoms with Crippen LogP contribution in [0.25, 0.3) is 10.9 Å². The maximum atomic E-state index is 11.0. The van der Waals surface area contributed by atoms with Crippen LogP contribution < -0.4 is 5.73 Å². The molecule has 1 heterocycles. The number of nitrogens with two attached hydrogens (primary N) is 1. The van der Waals surface area contributed by atoms with Gasteiger partial charge in [-0.15, -0.1) is 0 Å². The molecule has 0 saturated heterocycles. The van der Waals surface area contributed by atoms with Gasteiger partial charge in [-0.25, -0.2) is 0 Å². The Hall–Kier alpha value is -1.09. The monoisotopic (exact) mass is 267 g/mol. The Morgan fingerprint density at radius 1 is 1.47 bits per heavy atom. The molecule has 1 atom stereocenters. The molecule has 0 amide bonds. The summed E-state index contributed by atoms with van der Waals surface area (Å²) in [6.45, 7) is 0. The Bertz CT molecular complexity index is 492. The molecule has 4 heteroatoms. The van der Waals surface area contributed by atoms with Gasteiger partial charge in [-0.05, 0) is 0 Å². The van der Waals surface area contributed by atoms with Crippen LogP contribution in [0.1, 0.15) is 5.56 Å². The average Bonchev–Trinajstić information content (AvgIpc) is 2.62. The number of H-pyrrole nitrogens is 1. The quantitative estimate of drug-likeness (QED) is 0.805. The van der Waals surface area contributed by atoms with Crippen molar-refractivity contribution in [1.29, 1.82) is 0 Å². The average molecular weight is 266 g/mol. The van der Waals surface area contributed by atoms with Crippen LogP contribution in [-0.2, 0) is 11.2 Å². The molecule has 0 aliphatic carbocycles. The van der Waals surface area contributed by atoms with E-state index in [4.69, 9.17) is 5.73 Å². The van der Waals surface area contributed by atoms with E-state index < -0.39 is 6.04 Å². The van der Waals surface area contributed by atoms with Crippen molar-refractivity contribution in [2.24, 2.45) is 5.73 Å². The second kappa shape index (κ2) is 4.19. The zero-order chi connectivity index (χ0) is 10.8. The summed E-state index contributed by atoms with van der Waals surface area (Å²) in [5.74, 6) is 0. The Labute approximate surface area is 95.9 Å². The molecule has 0 saturated carbocycles. The summed E-state index contributed by atoms with van der Waals surface area (Å²) in [4.78, 5) is 14.2. The van der Waals surface area contributed by atoms with Crippen molar-refractivity contribution in [2.45, 2.75) is 12.5 Å². The second-order valence-corrected chi connectivity index (χ2v) is 4.33. The third kappa shape index (κ3) is 2.12. The number of benzene rings is 1. The number of fused-ring (bicyclic) bond motifs is 1. The number of hydrogen-bond acceptors (Lipinski definition) is 2. The van der Waals surface area contributed by atoms with E-state index in [0.717, 1.165) is 16.5 Å². The molecule has 3 nitrogen and oxygen atoms in total. The fourth-order valence-electron chi connectivity index (χ4n) is 1.62. The number of nitrogens with one attached hydrogen (secondary N) is 1. The number of carbonyl (C=O) groups excluding carboxylic acids is 1. The number of aromatic nitrogens is 1. The van der Waals surface area contributed by atoms with Crippen molar-refractivity contribution < 1.29 is 4.79 Å². The third-order valence-electron chi connectivity index (χ3n) is 2.42. The fraction of sp³-hybridized carbons (Fsp3) is 0.182. The molecular weight excluding hydrogens is 255 g/mol. The summed E-state index contributed by atoms with van der Waals surface area (Å²) >= 11 is 2.43. The van der Waals surface area contributed by atoms with Gasteiger partial charge in [-0.1, -0.05) is 0 Å². The molecule has 0 unspecified atom stereocenters. The van der Waals surface area contributed by atoms with Crippen molar-refractivity contribution in [2.75, 3.05) is 0 Å². The summed E-state index contributed by atoms with van der Waals surface area (Å²) in [6.07, 6.45) is 2.48. The van der Waals surface area contributed by atoms with Gasteiger partial charge in [-0.3, -0.25) is 0 Å². The molecule has 3 N–H and O–H groups in total. The van der Waals surface area contributed by atoms with E-state index in [-0.39, 0.29) is 4.68 Å². The first kappa shape index (κ1) is 10.4. The van der Waals surface area contributed by atoms with Crippen LogP contribution in [0.5, 0.6) is 0 Å². The van der Waals surface area contributed by atoms with Crippen LogP contribution in [0.3, 0.4) is 0 Å². The van der Waals surface area contributed by atoms with Crippen LogP contribution in [-0.4, -0.2) is 31.7 Å². The van der Waals surface area contributed by atoms with E-state index in [1.165, 1.54) is 0 Å². The first-order chi connectivity index (χ1) is 7.18. The summed E-state index contributed by atoms with van der Waals surface area (Å²) in [5, 5.41) is 1.13. The van der Waals surface area contributed by atoms with Gasteiger partial charge >= 0.3 is 95.6 Å². The predicted molar refractivity (Wildman–Crippen MR) is 60.7 cm³/mol. The molecule has 0 spiro atoms. The van der Waals surface area contributed by atoms with Crippen molar-refractivity contribution >= 4 is 31.6 Å². The fourth-order valence-corrected chi connectivity index (χ4v) is 1.80. The number of rotatable bonds is 3. The number of hydrogen-bond donors (Lipinski definition) is 2. The third-order valence-corrected chi connectivity index (χ3v) is 3.05. The molecule has 1 aromatic carbocycles. The Balaban J connectivity index is 2.32. The normalized spacial score (nSPS) is 12.9. The Morgan fingerprint density at radius 3 is 2.93 bits per heavy atom. The van der Waals surface area contributed by atoms with Gasteiger partial charge in [0, 0.05) is 0 Å². The number of aromatic amines is 1. The van der Waals surface area contributed by atoms with Gasteiger partial charge < -0.3 is 0 Å². The van der Waals surface area contributed by atoms with Crippen LogP contribution in [0.2, 0.25) is 0 Å². The van der Waals surface area contributed by atoms with Crippen LogP contribution in [0.4, 0.5) is 0 Å². The first-order valence-corrected chi connectivity index (χ1v) is 5.55. The molecule has 0 aliphatic rings. The van der Waals surface area contributed by atoms with Crippen LogP contribution in [0, 0.1) is 0 Å². The SMILES string of the molecule is N[C@@H](Cc1c[nH]c2ccccc12)C(=O)[Se]. The van der Waals surface area contributed by atoms with Crippen molar-refractivity contribution in [3.63, 3.8) is 0 Å². The van der Waals surface area contributed by atoms with Gasteiger partial charge in [-0.2, -0.15) is 0 Å². The molecule has 1 aromatic heterocycles. The molecule has 15 heavy (non-hydrogen) atoms. The van der Waals surface area contributed by atoms with Crippen LogP contribution >= 0.6 is 0 Å². The van der Waals surface area contributed by atoms with E-state index in [0.29, 0.717) is 6.42 Å². The summed E-state index contributed by atoms with van der Waals surface area (Å²) in [7, 11) is 0. The van der Waals surface area contributed by atoms with E-state index in [1.54, 1.807) is 0 Å². The minimum absolute atomic E-state index is 0.0970. The van der Waals surface area contributed by atoms with Gasteiger partial charge in [0.15, 0.2) is 0 Å². The predicted octanol–water partition coefficient (Wildman–Crippen LogP) is 0.733. The van der Waals surface area contributed by atoms with E-state index in [1.807, 2.05) is 30.5 Å². The van der Waals surface area contributed by atoms with E-state index >= 15 is 0 Å². The standard InChI is InChI=1S/C11H11N2OSe/c12-9(11(14)15)5-7-6-13-10-4-2-1-3-8(7)10/h1-4,6,9,13H,5,12H2/t9-/m0/s1. The zero-order valence-corrected chi connectivity index (χ0v) is 9.78. The summed E-state index contributed by atoms with van der Waals surface area (Å²) < 4.78 is -0.0970. The molecule has 77 valence electrons. The van der Waals surface area contributed by atoms with Gasteiger partial charge in [0.2, 0.25) is 0 Å². The van der Waals surface area contributed by atoms with Crippen molar-refractivity contribution in [3.8, 4) is 0 Å². The van der Waals surface area contributed by atoms with Crippen molar-refractivity contribution in [1.82, 2.24) is 4.98 Å². The molecule has 0 bridgehead atoms. The van der Waals surface area contributed by atoms with Gasteiger partial charge in [0.25, 0.3) is 0 Å². The van der Waals surface area contributed by atoms with Gasteiger partial charge in [0.05, 0.1) is 0 Å². The molecule has 0 aliphatic heterocycles. The number of para-hydroxylation sites is 1. The molecule has 0 fully saturated rings. The molecular formula is C11H11N2OSe. The van der Waals surface area contributed by atoms with Gasteiger partial charge in [0.1, 0.15) is 0 Å². The maximum absolute atomic E-state index is 11.0. The number of carbonyl (C=O) groups is 1. The van der Waals surface area contributed by atoms with E-state index in [2.05, 4.69) is 21.0 Å². The Morgan fingerprint density at radius 2 is 2.20 bits per heavy atom. The molecule has 1 radical (unpaired) electrons.